The Bertz CT molecular complexity index is 654. The van der Waals surface area contributed by atoms with Crippen LogP contribution < -0.4 is 10.6 Å². The summed E-state index contributed by atoms with van der Waals surface area (Å²) in [6.07, 6.45) is 0.0507. The maximum atomic E-state index is 14.0. The normalized spacial score (nSPS) is 20.5. The SMILES string of the molecule is C=C1NC(=O)N[C@@H](c2ccccc2F)[C@@H]1C(=O)OCCC#N. The lowest BCUT2D eigenvalue weighted by atomic mass is 9.89. The standard InChI is InChI=1S/C15H14FN3O3/c1-9-12(14(20)22-8-4-7-17)13(19-15(21)18-9)10-5-2-3-6-11(10)16/h2-3,5-6,12-13H,1,4,8H2,(H2,18,19,21)/t12-,13+/m1/s1. The Morgan fingerprint density at radius 1 is 1.45 bits per heavy atom. The zero-order chi connectivity index (χ0) is 16.1. The molecule has 114 valence electrons. The average molecular weight is 303 g/mol. The van der Waals surface area contributed by atoms with Crippen LogP contribution in [0.15, 0.2) is 36.5 Å². The van der Waals surface area contributed by atoms with Gasteiger partial charge >= 0.3 is 12.0 Å². The molecular weight excluding hydrogens is 289 g/mol. The summed E-state index contributed by atoms with van der Waals surface area (Å²) in [6, 6.07) is 6.20. The Balaban J connectivity index is 2.28. The quantitative estimate of drug-likeness (QED) is 0.655. The van der Waals surface area contributed by atoms with Crippen LogP contribution in [-0.2, 0) is 9.53 Å². The van der Waals surface area contributed by atoms with Gasteiger partial charge in [-0.3, -0.25) is 4.79 Å². The van der Waals surface area contributed by atoms with Gasteiger partial charge in [-0.2, -0.15) is 5.26 Å². The lowest BCUT2D eigenvalue weighted by molar-refractivity contribution is -0.148. The number of carbonyl (C=O) groups excluding carboxylic acids is 2. The van der Waals surface area contributed by atoms with Crippen LogP contribution >= 0.6 is 0 Å². The third-order valence-electron chi connectivity index (χ3n) is 3.22. The summed E-state index contributed by atoms with van der Waals surface area (Å²) in [6.45, 7) is 3.57. The van der Waals surface area contributed by atoms with E-state index in [4.69, 9.17) is 10.00 Å². The van der Waals surface area contributed by atoms with Crippen LogP contribution in [0, 0.1) is 23.1 Å². The van der Waals surface area contributed by atoms with Crippen molar-refractivity contribution >= 4 is 12.0 Å². The molecule has 1 saturated heterocycles. The highest BCUT2D eigenvalue weighted by molar-refractivity contribution is 5.85. The third-order valence-corrected chi connectivity index (χ3v) is 3.22. The van der Waals surface area contributed by atoms with E-state index in [0.29, 0.717) is 0 Å². The van der Waals surface area contributed by atoms with Crippen molar-refractivity contribution in [2.75, 3.05) is 6.61 Å². The molecule has 0 unspecified atom stereocenters. The Morgan fingerprint density at radius 3 is 2.86 bits per heavy atom. The highest BCUT2D eigenvalue weighted by Gasteiger charge is 2.39. The largest absolute Gasteiger partial charge is 0.464 e. The number of esters is 1. The molecule has 0 bridgehead atoms. The van der Waals surface area contributed by atoms with E-state index in [1.54, 1.807) is 6.07 Å². The minimum atomic E-state index is -0.978. The molecule has 2 rings (SSSR count). The van der Waals surface area contributed by atoms with Gasteiger partial charge in [0.15, 0.2) is 0 Å². The number of nitriles is 1. The van der Waals surface area contributed by atoms with Crippen molar-refractivity contribution in [3.05, 3.63) is 47.9 Å². The molecule has 1 aromatic rings. The second kappa shape index (κ2) is 6.72. The van der Waals surface area contributed by atoms with Gasteiger partial charge in [0, 0.05) is 11.3 Å². The number of nitrogens with zero attached hydrogens (tertiary/aromatic N) is 1. The van der Waals surface area contributed by atoms with Crippen molar-refractivity contribution in [3.8, 4) is 6.07 Å². The van der Waals surface area contributed by atoms with Gasteiger partial charge < -0.3 is 15.4 Å². The zero-order valence-corrected chi connectivity index (χ0v) is 11.6. The molecule has 1 fully saturated rings. The second-order valence-corrected chi connectivity index (χ2v) is 4.68. The summed E-state index contributed by atoms with van der Waals surface area (Å²) < 4.78 is 19.0. The van der Waals surface area contributed by atoms with Crippen molar-refractivity contribution in [3.63, 3.8) is 0 Å². The molecule has 0 aliphatic carbocycles. The molecule has 2 N–H and O–H groups in total. The Labute approximate surface area is 126 Å². The van der Waals surface area contributed by atoms with Gasteiger partial charge in [-0.25, -0.2) is 9.18 Å². The number of rotatable bonds is 4. The lowest BCUT2D eigenvalue weighted by Crippen LogP contribution is -2.51. The van der Waals surface area contributed by atoms with E-state index in [2.05, 4.69) is 17.2 Å². The summed E-state index contributed by atoms with van der Waals surface area (Å²) >= 11 is 0. The number of ether oxygens (including phenoxy) is 1. The molecule has 1 aromatic carbocycles. The summed E-state index contributed by atoms with van der Waals surface area (Å²) in [4.78, 5) is 23.8. The predicted molar refractivity (Wildman–Crippen MR) is 74.6 cm³/mol. The minimum absolute atomic E-state index is 0.0507. The fraction of sp³-hybridized carbons (Fsp3) is 0.267. The van der Waals surface area contributed by atoms with Gasteiger partial charge in [-0.1, -0.05) is 24.8 Å². The van der Waals surface area contributed by atoms with Crippen molar-refractivity contribution in [2.45, 2.75) is 12.5 Å². The lowest BCUT2D eigenvalue weighted by Gasteiger charge is -2.33. The maximum absolute atomic E-state index is 14.0. The summed E-state index contributed by atoms with van der Waals surface area (Å²) in [7, 11) is 0. The predicted octanol–water partition coefficient (Wildman–Crippen LogP) is 1.77. The summed E-state index contributed by atoms with van der Waals surface area (Å²) in [5.74, 6) is -2.20. The van der Waals surface area contributed by atoms with Crippen LogP contribution in [0.2, 0.25) is 0 Å². The fourth-order valence-electron chi connectivity index (χ4n) is 2.24. The second-order valence-electron chi connectivity index (χ2n) is 4.68. The number of halogens is 1. The van der Waals surface area contributed by atoms with Crippen LogP contribution in [0.5, 0.6) is 0 Å². The molecule has 1 aliphatic rings. The molecule has 22 heavy (non-hydrogen) atoms. The molecule has 6 nitrogen and oxygen atoms in total. The van der Waals surface area contributed by atoms with Crippen LogP contribution in [0.1, 0.15) is 18.0 Å². The number of benzene rings is 1. The Hall–Kier alpha value is -2.88. The van der Waals surface area contributed by atoms with E-state index in [-0.39, 0.29) is 24.3 Å². The van der Waals surface area contributed by atoms with Crippen molar-refractivity contribution in [2.24, 2.45) is 5.92 Å². The molecular formula is C15H14FN3O3. The average Bonchev–Trinajstić information content (AvgIpc) is 2.47. The van der Waals surface area contributed by atoms with Gasteiger partial charge in [0.2, 0.25) is 0 Å². The number of hydrogen-bond acceptors (Lipinski definition) is 4. The minimum Gasteiger partial charge on any atom is -0.464 e. The van der Waals surface area contributed by atoms with Crippen molar-refractivity contribution < 1.29 is 18.7 Å². The van der Waals surface area contributed by atoms with Crippen LogP contribution in [0.3, 0.4) is 0 Å². The number of nitrogens with one attached hydrogen (secondary N) is 2. The van der Waals surface area contributed by atoms with Gasteiger partial charge in [0.25, 0.3) is 0 Å². The molecule has 1 aliphatic heterocycles. The molecule has 7 heteroatoms. The fourth-order valence-corrected chi connectivity index (χ4v) is 2.24. The van der Waals surface area contributed by atoms with E-state index in [9.17, 15) is 14.0 Å². The molecule has 0 spiro atoms. The van der Waals surface area contributed by atoms with Crippen LogP contribution in [0.4, 0.5) is 9.18 Å². The molecule has 1 heterocycles. The first-order chi connectivity index (χ1) is 10.5. The summed E-state index contributed by atoms with van der Waals surface area (Å²) in [5, 5.41) is 13.4. The molecule has 0 saturated carbocycles. The first-order valence-corrected chi connectivity index (χ1v) is 6.59. The first kappa shape index (κ1) is 15.5. The first-order valence-electron chi connectivity index (χ1n) is 6.59. The molecule has 2 amide bonds. The van der Waals surface area contributed by atoms with Gasteiger partial charge in [0.05, 0.1) is 18.5 Å². The third kappa shape index (κ3) is 3.23. The smallest absolute Gasteiger partial charge is 0.319 e. The molecule has 0 radical (unpaired) electrons. The van der Waals surface area contributed by atoms with Gasteiger partial charge in [-0.15, -0.1) is 0 Å². The highest BCUT2D eigenvalue weighted by atomic mass is 19.1. The summed E-state index contributed by atoms with van der Waals surface area (Å²) in [5.41, 5.74) is 0.291. The van der Waals surface area contributed by atoms with Crippen molar-refractivity contribution in [1.29, 1.82) is 5.26 Å². The van der Waals surface area contributed by atoms with E-state index in [1.807, 2.05) is 6.07 Å². The number of carbonyl (C=O) groups is 2. The Morgan fingerprint density at radius 2 is 2.18 bits per heavy atom. The van der Waals surface area contributed by atoms with E-state index in [0.717, 1.165) is 0 Å². The zero-order valence-electron chi connectivity index (χ0n) is 11.6. The monoisotopic (exact) mass is 303 g/mol. The van der Waals surface area contributed by atoms with Crippen molar-refractivity contribution in [1.82, 2.24) is 10.6 Å². The molecule has 2 atom stereocenters. The van der Waals surface area contributed by atoms with E-state index < -0.39 is 29.8 Å². The topological polar surface area (TPSA) is 91.2 Å². The van der Waals surface area contributed by atoms with E-state index in [1.165, 1.54) is 18.2 Å². The van der Waals surface area contributed by atoms with Gasteiger partial charge in [-0.05, 0) is 6.07 Å². The Kier molecular flexibility index (Phi) is 4.73. The van der Waals surface area contributed by atoms with Crippen LogP contribution in [0.25, 0.3) is 0 Å². The number of urea groups is 1. The molecule has 0 aromatic heterocycles. The van der Waals surface area contributed by atoms with E-state index >= 15 is 0 Å². The van der Waals surface area contributed by atoms with Crippen LogP contribution in [-0.4, -0.2) is 18.6 Å². The highest BCUT2D eigenvalue weighted by Crippen LogP contribution is 2.31. The maximum Gasteiger partial charge on any atom is 0.319 e. The number of hydrogen-bond donors (Lipinski definition) is 2. The number of amides is 2. The van der Waals surface area contributed by atoms with Gasteiger partial charge in [0.1, 0.15) is 18.3 Å².